The second kappa shape index (κ2) is 5.26. The Hall–Kier alpha value is -2.11. The summed E-state index contributed by atoms with van der Waals surface area (Å²) in [4.78, 5) is 23.2. The number of nitro benzene ring substituents is 1. The Morgan fingerprint density at radius 3 is 2.74 bits per heavy atom. The fourth-order valence-corrected chi connectivity index (χ4v) is 2.21. The molecule has 0 atom stereocenters. The Morgan fingerprint density at radius 1 is 1.53 bits per heavy atom. The lowest BCUT2D eigenvalue weighted by molar-refractivity contribution is -0.384. The van der Waals surface area contributed by atoms with E-state index in [2.05, 4.69) is 0 Å². The van der Waals surface area contributed by atoms with E-state index < -0.39 is 10.9 Å². The Balaban J connectivity index is 2.38. The maximum Gasteiger partial charge on any atom is 0.323 e. The highest BCUT2D eigenvalue weighted by molar-refractivity contribution is 5.77. The molecule has 1 aliphatic carbocycles. The van der Waals surface area contributed by atoms with Crippen LogP contribution in [0.3, 0.4) is 0 Å². The van der Waals surface area contributed by atoms with E-state index in [0.29, 0.717) is 18.2 Å². The van der Waals surface area contributed by atoms with E-state index in [1.807, 2.05) is 0 Å². The van der Waals surface area contributed by atoms with Crippen LogP contribution in [0.25, 0.3) is 0 Å². The first-order valence-corrected chi connectivity index (χ1v) is 6.19. The van der Waals surface area contributed by atoms with Crippen molar-refractivity contribution in [1.29, 1.82) is 0 Å². The van der Waals surface area contributed by atoms with Gasteiger partial charge in [0.05, 0.1) is 4.92 Å². The summed E-state index contributed by atoms with van der Waals surface area (Å²) in [6.45, 7) is 2.13. The van der Waals surface area contributed by atoms with Crippen LogP contribution in [0.2, 0.25) is 0 Å². The van der Waals surface area contributed by atoms with Crippen LogP contribution >= 0.6 is 0 Å². The topological polar surface area (TPSA) is 83.7 Å². The summed E-state index contributed by atoms with van der Waals surface area (Å²) in [5.41, 5.74) is 1.14. The quantitative estimate of drug-likeness (QED) is 0.629. The highest BCUT2D eigenvalue weighted by Gasteiger charge is 2.29. The molecule has 1 aromatic carbocycles. The number of carboxylic acid groups (broad SMARTS) is 1. The maximum absolute atomic E-state index is 11.1. The number of nitro groups is 1. The first-order chi connectivity index (χ1) is 8.99. The second-order valence-corrected chi connectivity index (χ2v) is 4.92. The molecule has 0 radical (unpaired) electrons. The molecule has 1 aromatic rings. The number of hydrogen-bond donors (Lipinski definition) is 1. The molecular weight excluding hydrogens is 248 g/mol. The van der Waals surface area contributed by atoms with Crippen LogP contribution in [0.5, 0.6) is 0 Å². The van der Waals surface area contributed by atoms with Crippen LogP contribution in [0.15, 0.2) is 18.2 Å². The smallest absolute Gasteiger partial charge is 0.323 e. The van der Waals surface area contributed by atoms with Crippen molar-refractivity contribution in [3.63, 3.8) is 0 Å². The van der Waals surface area contributed by atoms with Gasteiger partial charge in [0.1, 0.15) is 12.2 Å². The van der Waals surface area contributed by atoms with E-state index in [9.17, 15) is 14.9 Å². The zero-order valence-electron chi connectivity index (χ0n) is 10.7. The van der Waals surface area contributed by atoms with Crippen LogP contribution in [0, 0.1) is 23.0 Å². The molecule has 0 unspecified atom stereocenters. The van der Waals surface area contributed by atoms with Gasteiger partial charge in [0.2, 0.25) is 0 Å². The van der Waals surface area contributed by atoms with Gasteiger partial charge < -0.3 is 10.0 Å². The number of benzene rings is 1. The Bertz CT molecular complexity index is 511. The van der Waals surface area contributed by atoms with Crippen molar-refractivity contribution in [3.05, 3.63) is 33.9 Å². The predicted octanol–water partition coefficient (Wildman–Crippen LogP) is 2.20. The predicted molar refractivity (Wildman–Crippen MR) is 70.4 cm³/mol. The number of carboxylic acids is 1. The molecule has 0 amide bonds. The fraction of sp³-hybridized carbons (Fsp3) is 0.462. The lowest BCUT2D eigenvalue weighted by Crippen LogP contribution is -2.32. The standard InChI is InChI=1S/C13H16N2O4/c1-9-3-2-4-11(15(18)19)13(9)14(8-12(16)17)7-10-5-6-10/h2-4,10H,5-8H2,1H3,(H,16,17). The van der Waals surface area contributed by atoms with Gasteiger partial charge in [0, 0.05) is 12.6 Å². The van der Waals surface area contributed by atoms with Gasteiger partial charge in [-0.2, -0.15) is 0 Å². The van der Waals surface area contributed by atoms with Crippen LogP contribution in [-0.4, -0.2) is 29.1 Å². The van der Waals surface area contributed by atoms with Gasteiger partial charge in [-0.15, -0.1) is 0 Å². The molecule has 0 heterocycles. The minimum absolute atomic E-state index is 0.0260. The van der Waals surface area contributed by atoms with Gasteiger partial charge in [-0.05, 0) is 31.2 Å². The van der Waals surface area contributed by atoms with Crippen molar-refractivity contribution in [2.45, 2.75) is 19.8 Å². The summed E-state index contributed by atoms with van der Waals surface area (Å²) in [6.07, 6.45) is 2.13. The Morgan fingerprint density at radius 2 is 2.21 bits per heavy atom. The van der Waals surface area contributed by atoms with Gasteiger partial charge in [-0.25, -0.2) is 0 Å². The van der Waals surface area contributed by atoms with Crippen molar-refractivity contribution < 1.29 is 14.8 Å². The first-order valence-electron chi connectivity index (χ1n) is 6.19. The van der Waals surface area contributed by atoms with Crippen molar-refractivity contribution in [2.24, 2.45) is 5.92 Å². The molecule has 0 spiro atoms. The van der Waals surface area contributed by atoms with E-state index in [4.69, 9.17) is 5.11 Å². The van der Waals surface area contributed by atoms with E-state index in [0.717, 1.165) is 18.4 Å². The average Bonchev–Trinajstić information content (AvgIpc) is 3.11. The van der Waals surface area contributed by atoms with Crippen molar-refractivity contribution in [3.8, 4) is 0 Å². The zero-order valence-corrected chi connectivity index (χ0v) is 10.7. The molecule has 102 valence electrons. The summed E-state index contributed by atoms with van der Waals surface area (Å²) >= 11 is 0. The number of aliphatic carboxylic acids is 1. The van der Waals surface area contributed by atoms with Crippen LogP contribution in [0.1, 0.15) is 18.4 Å². The third kappa shape index (κ3) is 3.21. The summed E-state index contributed by atoms with van der Waals surface area (Å²) in [5.74, 6) is -0.517. The number of hydrogen-bond acceptors (Lipinski definition) is 4. The first kappa shape index (κ1) is 13.3. The highest BCUT2D eigenvalue weighted by atomic mass is 16.6. The van der Waals surface area contributed by atoms with Crippen LogP contribution in [0.4, 0.5) is 11.4 Å². The van der Waals surface area contributed by atoms with Crippen LogP contribution < -0.4 is 4.90 Å². The molecule has 6 nitrogen and oxygen atoms in total. The third-order valence-electron chi connectivity index (χ3n) is 3.23. The van der Waals surface area contributed by atoms with Gasteiger partial charge in [0.25, 0.3) is 5.69 Å². The molecule has 0 aliphatic heterocycles. The van der Waals surface area contributed by atoms with Crippen LogP contribution in [-0.2, 0) is 4.79 Å². The highest BCUT2D eigenvalue weighted by Crippen LogP contribution is 2.36. The summed E-state index contributed by atoms with van der Waals surface area (Å²) in [7, 11) is 0. The maximum atomic E-state index is 11.1. The summed E-state index contributed by atoms with van der Waals surface area (Å²) in [5, 5.41) is 20.1. The molecule has 0 saturated heterocycles. The molecule has 19 heavy (non-hydrogen) atoms. The van der Waals surface area contributed by atoms with E-state index in [1.54, 1.807) is 24.0 Å². The minimum atomic E-state index is -0.974. The average molecular weight is 264 g/mol. The second-order valence-electron chi connectivity index (χ2n) is 4.92. The molecule has 1 N–H and O–H groups in total. The van der Waals surface area contributed by atoms with Gasteiger partial charge in [0.15, 0.2) is 0 Å². The molecule has 1 fully saturated rings. The lowest BCUT2D eigenvalue weighted by atomic mass is 10.1. The van der Waals surface area contributed by atoms with Gasteiger partial charge in [-0.1, -0.05) is 12.1 Å². The number of carbonyl (C=O) groups is 1. The molecule has 1 aliphatic rings. The fourth-order valence-electron chi connectivity index (χ4n) is 2.21. The molecule has 2 rings (SSSR count). The van der Waals surface area contributed by atoms with E-state index >= 15 is 0 Å². The molecule has 6 heteroatoms. The van der Waals surface area contributed by atoms with E-state index in [-0.39, 0.29) is 12.2 Å². The number of para-hydroxylation sites is 1. The van der Waals surface area contributed by atoms with Crippen molar-refractivity contribution >= 4 is 17.3 Å². The monoisotopic (exact) mass is 264 g/mol. The van der Waals surface area contributed by atoms with Crippen molar-refractivity contribution in [1.82, 2.24) is 0 Å². The molecular formula is C13H16N2O4. The lowest BCUT2D eigenvalue weighted by Gasteiger charge is -2.24. The summed E-state index contributed by atoms with van der Waals surface area (Å²) < 4.78 is 0. The number of anilines is 1. The minimum Gasteiger partial charge on any atom is -0.480 e. The largest absolute Gasteiger partial charge is 0.480 e. The van der Waals surface area contributed by atoms with E-state index in [1.165, 1.54) is 6.07 Å². The number of rotatable bonds is 6. The SMILES string of the molecule is Cc1cccc([N+](=O)[O-])c1N(CC(=O)O)CC1CC1. The normalized spacial score (nSPS) is 14.2. The zero-order chi connectivity index (χ0) is 14.0. The Kier molecular flexibility index (Phi) is 3.69. The molecule has 1 saturated carbocycles. The van der Waals surface area contributed by atoms with Gasteiger partial charge >= 0.3 is 5.97 Å². The Labute approximate surface area is 110 Å². The van der Waals surface area contributed by atoms with Gasteiger partial charge in [-0.3, -0.25) is 14.9 Å². The summed E-state index contributed by atoms with van der Waals surface area (Å²) in [6, 6.07) is 4.81. The third-order valence-corrected chi connectivity index (χ3v) is 3.23. The molecule has 0 bridgehead atoms. The molecule has 0 aromatic heterocycles. The number of aryl methyl sites for hydroxylation is 1. The van der Waals surface area contributed by atoms with Crippen molar-refractivity contribution in [2.75, 3.05) is 18.0 Å². The number of nitrogens with zero attached hydrogens (tertiary/aromatic N) is 2.